The van der Waals surface area contributed by atoms with E-state index in [0.717, 1.165) is 0 Å². The highest BCUT2D eigenvalue weighted by Gasteiger charge is 2.45. The minimum atomic E-state index is -0.00552. The fraction of sp³-hybridized carbons (Fsp3) is 0.385. The molecule has 56 heavy (non-hydrogen) atoms. The van der Waals surface area contributed by atoms with Crippen LogP contribution < -0.4 is 25.5 Å². The van der Waals surface area contributed by atoms with Crippen molar-refractivity contribution in [1.82, 2.24) is 0 Å². The van der Waals surface area contributed by atoms with Crippen molar-refractivity contribution in [1.29, 1.82) is 0 Å². The predicted octanol–water partition coefficient (Wildman–Crippen LogP) is 13.5. The van der Waals surface area contributed by atoms with Crippen molar-refractivity contribution in [3.63, 3.8) is 0 Å². The van der Waals surface area contributed by atoms with Crippen LogP contribution in [0.25, 0.3) is 10.1 Å². The Kier molecular flexibility index (Phi) is 8.69. The van der Waals surface area contributed by atoms with E-state index in [1.165, 1.54) is 87.7 Å². The molecule has 5 aromatic carbocycles. The predicted molar refractivity (Wildman–Crippen MR) is 249 cm³/mol. The Morgan fingerprint density at radius 1 is 0.429 bits per heavy atom. The van der Waals surface area contributed by atoms with E-state index in [0.29, 0.717) is 0 Å². The Balaban J connectivity index is 1.48. The van der Waals surface area contributed by atoms with Gasteiger partial charge in [0.2, 0.25) is 0 Å². The summed E-state index contributed by atoms with van der Waals surface area (Å²) in [4.78, 5) is 5.20. The topological polar surface area (TPSA) is 6.48 Å². The van der Waals surface area contributed by atoms with E-state index >= 15 is 0 Å². The zero-order valence-electron chi connectivity index (χ0n) is 36.6. The van der Waals surface area contributed by atoms with E-state index in [4.69, 9.17) is 0 Å². The summed E-state index contributed by atoms with van der Waals surface area (Å²) in [6.07, 6.45) is 0. The van der Waals surface area contributed by atoms with E-state index in [1.807, 2.05) is 11.3 Å². The third kappa shape index (κ3) is 6.41. The lowest BCUT2D eigenvalue weighted by atomic mass is 9.36. The van der Waals surface area contributed by atoms with Crippen molar-refractivity contribution in [3.8, 4) is 0 Å². The Morgan fingerprint density at radius 3 is 1.48 bits per heavy atom. The van der Waals surface area contributed by atoms with Gasteiger partial charge in [-0.3, -0.25) is 0 Å². The molecule has 2 nitrogen and oxygen atoms in total. The standard InChI is InChI=1S/C52H61BN2S/c1-48(2,3)32-19-23-37(24-20-32)55-42-18-16-17-41-45(42)53(47-46(55)39-25-21-34(50(7,8)9)31-44(39)56-47)40-26-22-33(49(4,5)6)30-43(40)54(41)38-28-35(51(10,11)12)27-36(29-38)52(13,14)15/h16-31H,1-15H3. The molecular formula is C52H61BN2S. The zero-order chi connectivity index (χ0) is 40.5. The maximum absolute atomic E-state index is 2.61. The van der Waals surface area contributed by atoms with Crippen LogP contribution in [0.15, 0.2) is 97.1 Å². The van der Waals surface area contributed by atoms with Gasteiger partial charge in [-0.2, -0.15) is 0 Å². The minimum absolute atomic E-state index is 0.00135. The lowest BCUT2D eigenvalue weighted by molar-refractivity contribution is 0.569. The van der Waals surface area contributed by atoms with Crippen molar-refractivity contribution in [2.24, 2.45) is 0 Å². The second-order valence-corrected chi connectivity index (χ2v) is 22.8. The normalized spacial score (nSPS) is 14.6. The maximum atomic E-state index is 2.61. The molecule has 3 heterocycles. The van der Waals surface area contributed by atoms with Gasteiger partial charge in [0.1, 0.15) is 0 Å². The molecule has 0 spiro atoms. The van der Waals surface area contributed by atoms with E-state index in [1.54, 1.807) is 0 Å². The number of hydrogen-bond donors (Lipinski definition) is 0. The van der Waals surface area contributed by atoms with Crippen molar-refractivity contribution in [2.75, 3.05) is 9.80 Å². The first-order valence-electron chi connectivity index (χ1n) is 20.6. The highest BCUT2D eigenvalue weighted by atomic mass is 32.1. The van der Waals surface area contributed by atoms with Crippen molar-refractivity contribution >= 4 is 78.0 Å². The molecule has 0 unspecified atom stereocenters. The third-order valence-corrected chi connectivity index (χ3v) is 13.4. The molecule has 0 atom stereocenters. The number of fused-ring (bicyclic) bond motifs is 6. The van der Waals surface area contributed by atoms with Gasteiger partial charge < -0.3 is 9.80 Å². The van der Waals surface area contributed by atoms with Gasteiger partial charge in [-0.05, 0) is 114 Å². The van der Waals surface area contributed by atoms with Gasteiger partial charge in [-0.1, -0.05) is 152 Å². The number of nitrogens with zero attached hydrogens (tertiary/aromatic N) is 2. The molecule has 2 aliphatic rings. The Morgan fingerprint density at radius 2 is 0.929 bits per heavy atom. The van der Waals surface area contributed by atoms with Crippen LogP contribution in [0, 0.1) is 0 Å². The van der Waals surface area contributed by atoms with Crippen LogP contribution in [-0.2, 0) is 27.1 Å². The molecule has 0 saturated carbocycles. The second-order valence-electron chi connectivity index (χ2n) is 21.7. The summed E-state index contributed by atoms with van der Waals surface area (Å²) in [6.45, 7) is 35.1. The molecule has 0 amide bonds. The van der Waals surface area contributed by atoms with Crippen LogP contribution in [0.3, 0.4) is 0 Å². The molecule has 288 valence electrons. The number of benzene rings is 5. The van der Waals surface area contributed by atoms with E-state index in [9.17, 15) is 0 Å². The van der Waals surface area contributed by atoms with Gasteiger partial charge in [-0.25, -0.2) is 0 Å². The summed E-state index contributed by atoms with van der Waals surface area (Å²) in [5.74, 6) is 0. The summed E-state index contributed by atoms with van der Waals surface area (Å²) in [5.41, 5.74) is 17.3. The highest BCUT2D eigenvalue weighted by molar-refractivity contribution is 7.33. The molecule has 0 radical (unpaired) electrons. The molecule has 4 heteroatoms. The molecule has 2 aliphatic heterocycles. The molecule has 0 aliphatic carbocycles. The van der Waals surface area contributed by atoms with Crippen molar-refractivity contribution < 1.29 is 0 Å². The first-order valence-corrected chi connectivity index (χ1v) is 21.5. The fourth-order valence-corrected chi connectivity index (χ4v) is 9.97. The summed E-state index contributed by atoms with van der Waals surface area (Å²) >= 11 is 2.00. The van der Waals surface area contributed by atoms with Gasteiger partial charge in [0.25, 0.3) is 6.71 Å². The smallest absolute Gasteiger partial charge is 0.264 e. The van der Waals surface area contributed by atoms with E-state index in [-0.39, 0.29) is 33.8 Å². The first-order chi connectivity index (χ1) is 25.9. The molecule has 0 fully saturated rings. The Bertz CT molecular complexity index is 2470. The largest absolute Gasteiger partial charge is 0.311 e. The molecule has 0 bridgehead atoms. The van der Waals surface area contributed by atoms with Crippen LogP contribution in [0.5, 0.6) is 0 Å². The van der Waals surface area contributed by atoms with Crippen LogP contribution >= 0.6 is 11.3 Å². The lowest BCUT2D eigenvalue weighted by Crippen LogP contribution is -2.60. The number of anilines is 6. The highest BCUT2D eigenvalue weighted by Crippen LogP contribution is 2.49. The van der Waals surface area contributed by atoms with Gasteiger partial charge in [0.15, 0.2) is 0 Å². The number of hydrogen-bond acceptors (Lipinski definition) is 3. The average Bonchev–Trinajstić information content (AvgIpc) is 3.48. The summed E-state index contributed by atoms with van der Waals surface area (Å²) < 4.78 is 2.78. The molecule has 6 aromatic rings. The molecule has 0 saturated heterocycles. The summed E-state index contributed by atoms with van der Waals surface area (Å²) in [5, 5.41) is 1.33. The molecule has 1 aromatic heterocycles. The van der Waals surface area contributed by atoms with Gasteiger partial charge >= 0.3 is 0 Å². The zero-order valence-corrected chi connectivity index (χ0v) is 37.4. The fourth-order valence-electron chi connectivity index (χ4n) is 8.61. The average molecular weight is 757 g/mol. The van der Waals surface area contributed by atoms with Gasteiger partial charge in [0.05, 0.1) is 5.69 Å². The second kappa shape index (κ2) is 12.6. The maximum Gasteiger partial charge on any atom is 0.264 e. The van der Waals surface area contributed by atoms with Crippen LogP contribution in [0.1, 0.15) is 132 Å². The van der Waals surface area contributed by atoms with Crippen molar-refractivity contribution in [2.45, 2.75) is 131 Å². The third-order valence-electron chi connectivity index (χ3n) is 12.2. The monoisotopic (exact) mass is 756 g/mol. The van der Waals surface area contributed by atoms with Gasteiger partial charge in [-0.15, -0.1) is 11.3 Å². The SMILES string of the molecule is CC(C)(C)c1ccc(N2c3cccc4c3B(c3ccc(C(C)(C)C)cc3N4c3cc(C(C)(C)C)cc(C(C)(C)C)c3)c3sc4cc(C(C)(C)C)ccc4c32)cc1. The quantitative estimate of drug-likeness (QED) is 0.162. The summed E-state index contributed by atoms with van der Waals surface area (Å²) in [7, 11) is 0. The Labute approximate surface area is 342 Å². The van der Waals surface area contributed by atoms with Crippen LogP contribution in [-0.4, -0.2) is 6.71 Å². The van der Waals surface area contributed by atoms with Crippen LogP contribution in [0.2, 0.25) is 0 Å². The molecular weight excluding hydrogens is 695 g/mol. The Hall–Kier alpha value is -4.28. The van der Waals surface area contributed by atoms with Crippen LogP contribution in [0.4, 0.5) is 34.1 Å². The van der Waals surface area contributed by atoms with E-state index < -0.39 is 0 Å². The summed E-state index contributed by atoms with van der Waals surface area (Å²) in [6, 6.07) is 38.4. The van der Waals surface area contributed by atoms with Gasteiger partial charge in [0, 0.05) is 43.3 Å². The van der Waals surface area contributed by atoms with E-state index in [2.05, 4.69) is 211 Å². The first kappa shape index (κ1) is 38.6. The lowest BCUT2D eigenvalue weighted by Gasteiger charge is -2.44. The molecule has 0 N–H and O–H groups in total. The van der Waals surface area contributed by atoms with Crippen molar-refractivity contribution in [3.05, 3.63) is 125 Å². The minimum Gasteiger partial charge on any atom is -0.311 e. The molecule has 8 rings (SSSR count). The number of thiophene rings is 1. The number of rotatable bonds is 2.